The minimum atomic E-state index is -0.268. The molecule has 0 amide bonds. The molecule has 0 aromatic rings. The maximum absolute atomic E-state index is 11.4. The molecule has 0 unspecified atom stereocenters. The highest BCUT2D eigenvalue weighted by Gasteiger charge is 2.61. The summed E-state index contributed by atoms with van der Waals surface area (Å²) in [6, 6.07) is -0.268. The maximum Gasteiger partial charge on any atom is 0.213 e. The standard InChI is InChI=1S/C27H47NO2/c1-18(2)7-6-8-19(3)23-11-12-24-22-10-9-20-17-21(28(29)30)13-15-26(20,4)25(22)14-16-27(23,24)5/h18-25H,6-17H2,1-5H3/t19-,20+,21+,22+,23-,24+,25+,26+,27-/m1/s1. The van der Waals surface area contributed by atoms with Crippen molar-refractivity contribution in [2.45, 2.75) is 118 Å². The van der Waals surface area contributed by atoms with Crippen LogP contribution in [0.5, 0.6) is 0 Å². The minimum Gasteiger partial charge on any atom is -0.264 e. The Hall–Kier alpha value is -0.600. The van der Waals surface area contributed by atoms with E-state index in [1.807, 2.05) is 0 Å². The molecule has 0 aliphatic heterocycles. The van der Waals surface area contributed by atoms with Crippen molar-refractivity contribution in [2.24, 2.45) is 52.3 Å². The number of nitro groups is 1. The summed E-state index contributed by atoms with van der Waals surface area (Å²) < 4.78 is 0. The first-order chi connectivity index (χ1) is 14.2. The fourth-order valence-electron chi connectivity index (χ4n) is 9.45. The Morgan fingerprint density at radius 2 is 1.60 bits per heavy atom. The van der Waals surface area contributed by atoms with Crippen molar-refractivity contribution in [1.29, 1.82) is 0 Å². The summed E-state index contributed by atoms with van der Waals surface area (Å²) in [7, 11) is 0. The molecule has 0 N–H and O–H groups in total. The Bertz CT molecular complexity index is 632. The molecule has 0 saturated heterocycles. The third-order valence-electron chi connectivity index (χ3n) is 11.1. The highest BCUT2D eigenvalue weighted by molar-refractivity contribution is 5.09. The van der Waals surface area contributed by atoms with E-state index in [9.17, 15) is 10.1 Å². The van der Waals surface area contributed by atoms with Crippen LogP contribution < -0.4 is 0 Å². The van der Waals surface area contributed by atoms with Gasteiger partial charge in [0.15, 0.2) is 0 Å². The Kier molecular flexibility index (Phi) is 6.32. The van der Waals surface area contributed by atoms with Crippen LogP contribution in [-0.4, -0.2) is 11.0 Å². The van der Waals surface area contributed by atoms with E-state index in [4.69, 9.17) is 0 Å². The van der Waals surface area contributed by atoms with Crippen molar-refractivity contribution >= 4 is 0 Å². The Balaban J connectivity index is 1.45. The van der Waals surface area contributed by atoms with Gasteiger partial charge in [-0.25, -0.2) is 0 Å². The van der Waals surface area contributed by atoms with Gasteiger partial charge < -0.3 is 0 Å². The average Bonchev–Trinajstić information content (AvgIpc) is 3.04. The molecule has 9 atom stereocenters. The lowest BCUT2D eigenvalue weighted by Gasteiger charge is -2.60. The van der Waals surface area contributed by atoms with E-state index in [0.29, 0.717) is 16.7 Å². The number of rotatable bonds is 6. The zero-order chi connectivity index (χ0) is 21.7. The van der Waals surface area contributed by atoms with Crippen molar-refractivity contribution in [3.63, 3.8) is 0 Å². The first-order valence-electron chi connectivity index (χ1n) is 13.3. The van der Waals surface area contributed by atoms with Gasteiger partial charge in [-0.1, -0.05) is 53.9 Å². The Labute approximate surface area is 185 Å². The number of hydrogen-bond donors (Lipinski definition) is 0. The van der Waals surface area contributed by atoms with Crippen LogP contribution in [0.3, 0.4) is 0 Å². The van der Waals surface area contributed by atoms with Crippen LogP contribution in [0.1, 0.15) is 112 Å². The summed E-state index contributed by atoms with van der Waals surface area (Å²) in [4.78, 5) is 11.4. The monoisotopic (exact) mass is 417 g/mol. The molecule has 4 aliphatic rings. The molecule has 0 bridgehead atoms. The molecule has 3 heteroatoms. The first kappa shape index (κ1) is 22.6. The van der Waals surface area contributed by atoms with Crippen LogP contribution in [0.25, 0.3) is 0 Å². The second-order valence-corrected chi connectivity index (χ2v) is 12.9. The maximum atomic E-state index is 11.4. The van der Waals surface area contributed by atoms with E-state index in [0.717, 1.165) is 54.8 Å². The molecule has 0 spiro atoms. The molecule has 172 valence electrons. The fraction of sp³-hybridized carbons (Fsp3) is 1.00. The highest BCUT2D eigenvalue weighted by Crippen LogP contribution is 2.68. The van der Waals surface area contributed by atoms with Gasteiger partial charge in [0, 0.05) is 17.8 Å². The highest BCUT2D eigenvalue weighted by atomic mass is 16.6. The van der Waals surface area contributed by atoms with Gasteiger partial charge in [0.05, 0.1) is 0 Å². The van der Waals surface area contributed by atoms with Crippen molar-refractivity contribution in [3.8, 4) is 0 Å². The predicted molar refractivity (Wildman–Crippen MR) is 124 cm³/mol. The van der Waals surface area contributed by atoms with Gasteiger partial charge in [-0.3, -0.25) is 10.1 Å². The summed E-state index contributed by atoms with van der Waals surface area (Å²) in [5, 5.41) is 11.4. The molecule has 4 saturated carbocycles. The van der Waals surface area contributed by atoms with E-state index in [-0.39, 0.29) is 11.0 Å². The SMILES string of the molecule is CC(C)CCC[C@@H](C)[C@H]1CC[C@H]2[C@@H]3CC[C@H]4C[C@@H]([N+](=O)[O-])CC[C@]4(C)[C@H]3CC[C@]12C. The topological polar surface area (TPSA) is 43.1 Å². The van der Waals surface area contributed by atoms with Crippen molar-refractivity contribution in [3.05, 3.63) is 10.1 Å². The summed E-state index contributed by atoms with van der Waals surface area (Å²) in [6.07, 6.45) is 15.3. The van der Waals surface area contributed by atoms with E-state index in [2.05, 4.69) is 34.6 Å². The zero-order valence-corrected chi connectivity index (χ0v) is 20.4. The minimum absolute atomic E-state index is 0.0197. The quantitative estimate of drug-likeness (QED) is 0.327. The number of nitrogens with zero attached hydrogens (tertiary/aromatic N) is 1. The van der Waals surface area contributed by atoms with Crippen LogP contribution in [0.4, 0.5) is 0 Å². The molecule has 0 radical (unpaired) electrons. The average molecular weight is 418 g/mol. The molecule has 0 heterocycles. The second kappa shape index (κ2) is 8.39. The van der Waals surface area contributed by atoms with Gasteiger partial charge >= 0.3 is 0 Å². The third-order valence-corrected chi connectivity index (χ3v) is 11.1. The molecule has 4 fully saturated rings. The van der Waals surface area contributed by atoms with Gasteiger partial charge in [0.1, 0.15) is 0 Å². The normalized spacial score (nSPS) is 46.7. The lowest BCUT2D eigenvalue weighted by molar-refractivity contribution is -0.531. The number of fused-ring (bicyclic) bond motifs is 5. The lowest BCUT2D eigenvalue weighted by atomic mass is 9.44. The van der Waals surface area contributed by atoms with Crippen molar-refractivity contribution in [2.75, 3.05) is 0 Å². The summed E-state index contributed by atoms with van der Waals surface area (Å²) in [6.45, 7) is 12.5. The number of hydrogen-bond acceptors (Lipinski definition) is 2. The van der Waals surface area contributed by atoms with Gasteiger partial charge in [0.2, 0.25) is 6.04 Å². The largest absolute Gasteiger partial charge is 0.264 e. The Morgan fingerprint density at radius 3 is 2.30 bits per heavy atom. The molecule has 30 heavy (non-hydrogen) atoms. The van der Waals surface area contributed by atoms with Gasteiger partial charge in [-0.15, -0.1) is 0 Å². The van der Waals surface area contributed by atoms with Crippen LogP contribution in [-0.2, 0) is 0 Å². The van der Waals surface area contributed by atoms with E-state index >= 15 is 0 Å². The van der Waals surface area contributed by atoms with Gasteiger partial charge in [-0.05, 0) is 97.2 Å². The van der Waals surface area contributed by atoms with Crippen molar-refractivity contribution < 1.29 is 4.92 Å². The molecule has 0 aromatic heterocycles. The van der Waals surface area contributed by atoms with Crippen LogP contribution in [0.2, 0.25) is 0 Å². The Morgan fingerprint density at radius 1 is 0.900 bits per heavy atom. The zero-order valence-electron chi connectivity index (χ0n) is 20.4. The third kappa shape index (κ3) is 3.75. The fourth-order valence-corrected chi connectivity index (χ4v) is 9.45. The lowest BCUT2D eigenvalue weighted by Crippen LogP contribution is -2.54. The molecular formula is C27H47NO2. The van der Waals surface area contributed by atoms with Gasteiger partial charge in [-0.2, -0.15) is 0 Å². The summed E-state index contributed by atoms with van der Waals surface area (Å²) in [5.41, 5.74) is 0.928. The molecule has 3 nitrogen and oxygen atoms in total. The van der Waals surface area contributed by atoms with Crippen LogP contribution in [0, 0.1) is 62.4 Å². The predicted octanol–water partition coefficient (Wildman–Crippen LogP) is 7.75. The summed E-state index contributed by atoms with van der Waals surface area (Å²) >= 11 is 0. The van der Waals surface area contributed by atoms with Crippen molar-refractivity contribution in [1.82, 2.24) is 0 Å². The van der Waals surface area contributed by atoms with E-state index in [1.165, 1.54) is 57.8 Å². The van der Waals surface area contributed by atoms with Crippen LogP contribution >= 0.6 is 0 Å². The van der Waals surface area contributed by atoms with E-state index < -0.39 is 0 Å². The molecule has 4 aliphatic carbocycles. The smallest absolute Gasteiger partial charge is 0.213 e. The molecule has 4 rings (SSSR count). The van der Waals surface area contributed by atoms with Crippen LogP contribution in [0.15, 0.2) is 0 Å². The molecule has 0 aromatic carbocycles. The van der Waals surface area contributed by atoms with Gasteiger partial charge in [0.25, 0.3) is 0 Å². The molecular weight excluding hydrogens is 370 g/mol. The second-order valence-electron chi connectivity index (χ2n) is 12.9. The summed E-state index contributed by atoms with van der Waals surface area (Å²) in [5.74, 6) is 5.87. The first-order valence-corrected chi connectivity index (χ1v) is 13.3. The van der Waals surface area contributed by atoms with E-state index in [1.54, 1.807) is 0 Å².